The highest BCUT2D eigenvalue weighted by Gasteiger charge is 2.23. The van der Waals surface area contributed by atoms with Crippen LogP contribution in [0.1, 0.15) is 25.7 Å². The zero-order valence-electron chi connectivity index (χ0n) is 15.0. The van der Waals surface area contributed by atoms with Gasteiger partial charge in [0.15, 0.2) is 0 Å². The minimum absolute atomic E-state index is 0.0233. The van der Waals surface area contributed by atoms with Crippen LogP contribution in [0.25, 0.3) is 0 Å². The van der Waals surface area contributed by atoms with Crippen molar-refractivity contribution in [2.24, 2.45) is 0 Å². The highest BCUT2D eigenvalue weighted by atomic mass is 16.2. The molecular weight excluding hydrogens is 320 g/mol. The number of likely N-dealkylation sites (tertiary alicyclic amines) is 1. The standard InChI is InChI=1S/C17H28N6O2/c1-20-6-5-9-22(14-16(20)24)17(25)19-15-12-18-23(13-15)11-10-21-7-3-2-4-8-21/h12-13H,2-11,14H2,1H3,(H,19,25). The Balaban J connectivity index is 1.48. The monoisotopic (exact) mass is 348 g/mol. The van der Waals surface area contributed by atoms with E-state index in [2.05, 4.69) is 15.3 Å². The Morgan fingerprint density at radius 2 is 1.92 bits per heavy atom. The van der Waals surface area contributed by atoms with Crippen LogP contribution in [0.4, 0.5) is 10.5 Å². The second kappa shape index (κ2) is 8.33. The maximum atomic E-state index is 12.4. The van der Waals surface area contributed by atoms with Crippen molar-refractivity contribution in [3.8, 4) is 0 Å². The van der Waals surface area contributed by atoms with Gasteiger partial charge < -0.3 is 20.0 Å². The van der Waals surface area contributed by atoms with Crippen LogP contribution in [0.15, 0.2) is 12.4 Å². The molecule has 1 aromatic rings. The van der Waals surface area contributed by atoms with E-state index in [0.29, 0.717) is 18.8 Å². The molecule has 1 N–H and O–H groups in total. The van der Waals surface area contributed by atoms with Crippen LogP contribution in [-0.4, -0.2) is 82.7 Å². The first-order valence-electron chi connectivity index (χ1n) is 9.16. The van der Waals surface area contributed by atoms with Crippen molar-refractivity contribution in [2.45, 2.75) is 32.2 Å². The molecule has 0 aromatic carbocycles. The number of urea groups is 1. The lowest BCUT2D eigenvalue weighted by molar-refractivity contribution is -0.129. The first-order chi connectivity index (χ1) is 12.1. The molecule has 2 aliphatic heterocycles. The lowest BCUT2D eigenvalue weighted by Crippen LogP contribution is -2.40. The molecular formula is C17H28N6O2. The Morgan fingerprint density at radius 3 is 2.72 bits per heavy atom. The number of likely N-dealkylation sites (N-methyl/N-ethyl adjacent to an activating group) is 1. The average Bonchev–Trinajstić information content (AvgIpc) is 2.99. The van der Waals surface area contributed by atoms with Gasteiger partial charge in [-0.15, -0.1) is 0 Å². The van der Waals surface area contributed by atoms with Gasteiger partial charge in [0, 0.05) is 32.9 Å². The number of hydrogen-bond acceptors (Lipinski definition) is 4. The fourth-order valence-corrected chi connectivity index (χ4v) is 3.34. The Hall–Kier alpha value is -2.09. The third kappa shape index (κ3) is 4.94. The molecule has 0 spiro atoms. The average molecular weight is 348 g/mol. The Morgan fingerprint density at radius 1 is 1.12 bits per heavy atom. The number of carbonyl (C=O) groups is 2. The molecule has 0 aliphatic carbocycles. The predicted octanol–water partition coefficient (Wildman–Crippen LogP) is 1.06. The normalized spacial score (nSPS) is 19.8. The number of carbonyl (C=O) groups excluding carboxylic acids is 2. The van der Waals surface area contributed by atoms with E-state index in [1.165, 1.54) is 32.4 Å². The molecule has 0 radical (unpaired) electrons. The second-order valence-corrected chi connectivity index (χ2v) is 6.91. The van der Waals surface area contributed by atoms with Crippen LogP contribution in [-0.2, 0) is 11.3 Å². The summed E-state index contributed by atoms with van der Waals surface area (Å²) in [5, 5.41) is 7.18. The van der Waals surface area contributed by atoms with Gasteiger partial charge in [0.2, 0.25) is 5.91 Å². The number of piperidine rings is 1. The van der Waals surface area contributed by atoms with Gasteiger partial charge in [-0.25, -0.2) is 4.79 Å². The number of nitrogens with zero attached hydrogens (tertiary/aromatic N) is 5. The van der Waals surface area contributed by atoms with Crippen molar-refractivity contribution < 1.29 is 9.59 Å². The zero-order chi connectivity index (χ0) is 17.6. The molecule has 138 valence electrons. The Kier molecular flexibility index (Phi) is 5.91. The lowest BCUT2D eigenvalue weighted by Gasteiger charge is -2.26. The van der Waals surface area contributed by atoms with E-state index in [1.807, 2.05) is 10.9 Å². The number of amides is 3. The molecule has 2 saturated heterocycles. The third-order valence-corrected chi connectivity index (χ3v) is 4.94. The Labute approximate surface area is 148 Å². The van der Waals surface area contributed by atoms with E-state index in [-0.39, 0.29) is 18.5 Å². The van der Waals surface area contributed by atoms with Crippen LogP contribution in [0.3, 0.4) is 0 Å². The van der Waals surface area contributed by atoms with Gasteiger partial charge in [0.1, 0.15) is 6.54 Å². The summed E-state index contributed by atoms with van der Waals surface area (Å²) in [6.45, 7) is 5.56. The second-order valence-electron chi connectivity index (χ2n) is 6.91. The minimum atomic E-state index is -0.237. The quantitative estimate of drug-likeness (QED) is 0.883. The molecule has 3 rings (SSSR count). The predicted molar refractivity (Wildman–Crippen MR) is 95.4 cm³/mol. The van der Waals surface area contributed by atoms with Crippen molar-refractivity contribution in [1.29, 1.82) is 0 Å². The van der Waals surface area contributed by atoms with Gasteiger partial charge in [-0.3, -0.25) is 9.48 Å². The largest absolute Gasteiger partial charge is 0.344 e. The van der Waals surface area contributed by atoms with E-state index in [0.717, 1.165) is 19.5 Å². The van der Waals surface area contributed by atoms with Crippen LogP contribution >= 0.6 is 0 Å². The van der Waals surface area contributed by atoms with Crippen LogP contribution in [0, 0.1) is 0 Å². The van der Waals surface area contributed by atoms with Crippen LogP contribution in [0.2, 0.25) is 0 Å². The van der Waals surface area contributed by atoms with Crippen molar-refractivity contribution in [3.05, 3.63) is 12.4 Å². The number of nitrogens with one attached hydrogen (secondary N) is 1. The molecule has 0 unspecified atom stereocenters. The van der Waals surface area contributed by atoms with Crippen molar-refractivity contribution in [3.63, 3.8) is 0 Å². The summed E-state index contributed by atoms with van der Waals surface area (Å²) >= 11 is 0. The van der Waals surface area contributed by atoms with Gasteiger partial charge in [-0.05, 0) is 32.4 Å². The molecule has 25 heavy (non-hydrogen) atoms. The Bertz CT molecular complexity index is 596. The molecule has 0 bridgehead atoms. The smallest absolute Gasteiger partial charge is 0.322 e. The van der Waals surface area contributed by atoms with E-state index in [4.69, 9.17) is 0 Å². The van der Waals surface area contributed by atoms with Crippen LogP contribution in [0.5, 0.6) is 0 Å². The van der Waals surface area contributed by atoms with E-state index < -0.39 is 0 Å². The molecule has 0 saturated carbocycles. The summed E-state index contributed by atoms with van der Waals surface area (Å²) in [4.78, 5) is 30.0. The maximum Gasteiger partial charge on any atom is 0.322 e. The first kappa shape index (κ1) is 17.7. The van der Waals surface area contributed by atoms with Crippen molar-refractivity contribution >= 4 is 17.6 Å². The van der Waals surface area contributed by atoms with Crippen LogP contribution < -0.4 is 5.32 Å². The van der Waals surface area contributed by atoms with Crippen molar-refractivity contribution in [2.75, 3.05) is 51.6 Å². The summed E-state index contributed by atoms with van der Waals surface area (Å²) in [6.07, 6.45) is 8.22. The van der Waals surface area contributed by atoms with Gasteiger partial charge in [0.05, 0.1) is 18.4 Å². The third-order valence-electron chi connectivity index (χ3n) is 4.94. The van der Waals surface area contributed by atoms with E-state index in [9.17, 15) is 9.59 Å². The number of hydrogen-bond donors (Lipinski definition) is 1. The molecule has 3 amide bonds. The van der Waals surface area contributed by atoms with Crippen molar-refractivity contribution in [1.82, 2.24) is 24.5 Å². The topological polar surface area (TPSA) is 73.7 Å². The first-order valence-corrected chi connectivity index (χ1v) is 9.16. The van der Waals surface area contributed by atoms with Gasteiger partial charge >= 0.3 is 6.03 Å². The fourth-order valence-electron chi connectivity index (χ4n) is 3.34. The molecule has 3 heterocycles. The summed E-state index contributed by atoms with van der Waals surface area (Å²) in [5.74, 6) is -0.0233. The maximum absolute atomic E-state index is 12.4. The van der Waals surface area contributed by atoms with Gasteiger partial charge in [-0.1, -0.05) is 6.42 Å². The summed E-state index contributed by atoms with van der Waals surface area (Å²) in [5.41, 5.74) is 0.675. The minimum Gasteiger partial charge on any atom is -0.344 e. The fraction of sp³-hybridized carbons (Fsp3) is 0.706. The summed E-state index contributed by atoms with van der Waals surface area (Å²) in [6, 6.07) is -0.237. The zero-order valence-corrected chi connectivity index (χ0v) is 15.0. The highest BCUT2D eigenvalue weighted by molar-refractivity contribution is 5.92. The molecule has 2 fully saturated rings. The van der Waals surface area contributed by atoms with Gasteiger partial charge in [0.25, 0.3) is 0 Å². The lowest BCUT2D eigenvalue weighted by atomic mass is 10.1. The molecule has 2 aliphatic rings. The number of aromatic nitrogens is 2. The highest BCUT2D eigenvalue weighted by Crippen LogP contribution is 2.11. The SMILES string of the molecule is CN1CCCN(C(=O)Nc2cnn(CCN3CCCCC3)c2)CC1=O. The van der Waals surface area contributed by atoms with E-state index >= 15 is 0 Å². The van der Waals surface area contributed by atoms with Gasteiger partial charge in [-0.2, -0.15) is 5.10 Å². The van der Waals surface area contributed by atoms with E-state index in [1.54, 1.807) is 23.0 Å². The molecule has 8 nitrogen and oxygen atoms in total. The summed E-state index contributed by atoms with van der Waals surface area (Å²) < 4.78 is 1.87. The molecule has 8 heteroatoms. The number of rotatable bonds is 4. The molecule has 0 atom stereocenters. The summed E-state index contributed by atoms with van der Waals surface area (Å²) in [7, 11) is 1.77. The molecule has 1 aromatic heterocycles. The number of anilines is 1.